The molecule has 6 heteroatoms. The van der Waals surface area contributed by atoms with Crippen LogP contribution in [0.15, 0.2) is 4.52 Å². The van der Waals surface area contributed by atoms with Crippen LogP contribution in [0.2, 0.25) is 0 Å². The van der Waals surface area contributed by atoms with Crippen LogP contribution in [-0.2, 0) is 11.2 Å². The molecular weight excluding hydrogens is 196 g/mol. The molecule has 1 fully saturated rings. The van der Waals surface area contributed by atoms with E-state index in [4.69, 9.17) is 4.52 Å². The summed E-state index contributed by atoms with van der Waals surface area (Å²) in [4.78, 5) is 15.5. The van der Waals surface area contributed by atoms with Gasteiger partial charge in [0.2, 0.25) is 11.8 Å². The number of nitrogens with zero attached hydrogens (tertiary/aromatic N) is 2. The minimum atomic E-state index is 0.106. The maximum atomic E-state index is 11.4. The fourth-order valence-electron chi connectivity index (χ4n) is 1.36. The standard InChI is InChI=1S/C9H14N4O2/c1-6-12-8(13-15-6)2-3-11-9(14)7-4-10-5-7/h7,10H,2-5H2,1H3,(H,11,14). The Hall–Kier alpha value is -1.43. The van der Waals surface area contributed by atoms with Crippen molar-refractivity contribution in [2.24, 2.45) is 5.92 Å². The largest absolute Gasteiger partial charge is 0.355 e. The molecule has 0 atom stereocenters. The fourth-order valence-corrected chi connectivity index (χ4v) is 1.36. The predicted octanol–water partition coefficient (Wildman–Crippen LogP) is -0.744. The van der Waals surface area contributed by atoms with Gasteiger partial charge in [0.1, 0.15) is 0 Å². The summed E-state index contributed by atoms with van der Waals surface area (Å²) in [6.45, 7) is 3.88. The lowest BCUT2D eigenvalue weighted by atomic mass is 10.0. The van der Waals surface area contributed by atoms with Crippen LogP contribution in [0.25, 0.3) is 0 Å². The van der Waals surface area contributed by atoms with Gasteiger partial charge in [0.05, 0.1) is 5.92 Å². The van der Waals surface area contributed by atoms with Gasteiger partial charge in [-0.05, 0) is 0 Å². The first kappa shape index (κ1) is 10.1. The van der Waals surface area contributed by atoms with Gasteiger partial charge in [-0.3, -0.25) is 4.79 Å². The molecule has 2 heterocycles. The monoisotopic (exact) mass is 210 g/mol. The number of aryl methyl sites for hydroxylation is 1. The quantitative estimate of drug-likeness (QED) is 0.684. The van der Waals surface area contributed by atoms with E-state index >= 15 is 0 Å². The van der Waals surface area contributed by atoms with Crippen LogP contribution >= 0.6 is 0 Å². The van der Waals surface area contributed by atoms with E-state index in [1.54, 1.807) is 6.92 Å². The van der Waals surface area contributed by atoms with E-state index in [1.165, 1.54) is 0 Å². The number of carbonyl (C=O) groups excluding carboxylic acids is 1. The molecule has 6 nitrogen and oxygen atoms in total. The van der Waals surface area contributed by atoms with Gasteiger partial charge in [0.15, 0.2) is 5.82 Å². The SMILES string of the molecule is Cc1nc(CCNC(=O)C2CNC2)no1. The summed E-state index contributed by atoms with van der Waals surface area (Å²) in [5.41, 5.74) is 0. The lowest BCUT2D eigenvalue weighted by Gasteiger charge is -2.25. The average molecular weight is 210 g/mol. The summed E-state index contributed by atoms with van der Waals surface area (Å²) in [5.74, 6) is 1.44. The van der Waals surface area contributed by atoms with E-state index < -0.39 is 0 Å². The van der Waals surface area contributed by atoms with Gasteiger partial charge in [-0.1, -0.05) is 5.16 Å². The zero-order valence-corrected chi connectivity index (χ0v) is 8.62. The smallest absolute Gasteiger partial charge is 0.225 e. The number of nitrogens with one attached hydrogen (secondary N) is 2. The molecular formula is C9H14N4O2. The van der Waals surface area contributed by atoms with Crippen LogP contribution in [0.5, 0.6) is 0 Å². The number of aromatic nitrogens is 2. The highest BCUT2D eigenvalue weighted by Gasteiger charge is 2.24. The third-order valence-corrected chi connectivity index (χ3v) is 2.37. The molecule has 1 amide bonds. The molecule has 1 saturated heterocycles. The number of amides is 1. The Balaban J connectivity index is 1.68. The van der Waals surface area contributed by atoms with Crippen molar-refractivity contribution in [1.29, 1.82) is 0 Å². The zero-order valence-electron chi connectivity index (χ0n) is 8.62. The third-order valence-electron chi connectivity index (χ3n) is 2.37. The molecule has 0 spiro atoms. The first-order valence-corrected chi connectivity index (χ1v) is 5.03. The molecule has 0 unspecified atom stereocenters. The molecule has 0 bridgehead atoms. The van der Waals surface area contributed by atoms with E-state index in [0.717, 1.165) is 13.1 Å². The minimum Gasteiger partial charge on any atom is -0.355 e. The highest BCUT2D eigenvalue weighted by atomic mass is 16.5. The summed E-state index contributed by atoms with van der Waals surface area (Å²) in [6.07, 6.45) is 0.614. The molecule has 0 radical (unpaired) electrons. The Kier molecular flexibility index (Phi) is 2.96. The number of hydrogen-bond donors (Lipinski definition) is 2. The van der Waals surface area contributed by atoms with Crippen LogP contribution in [-0.4, -0.2) is 35.7 Å². The Bertz CT molecular complexity index is 346. The van der Waals surface area contributed by atoms with E-state index in [-0.39, 0.29) is 11.8 Å². The normalized spacial score (nSPS) is 16.1. The predicted molar refractivity (Wildman–Crippen MR) is 52.1 cm³/mol. The molecule has 0 aliphatic carbocycles. The van der Waals surface area contributed by atoms with Gasteiger partial charge in [-0.15, -0.1) is 0 Å². The summed E-state index contributed by atoms with van der Waals surface area (Å²) < 4.78 is 4.82. The molecule has 1 aromatic heterocycles. The maximum Gasteiger partial charge on any atom is 0.225 e. The topological polar surface area (TPSA) is 80.0 Å². The number of hydrogen-bond acceptors (Lipinski definition) is 5. The molecule has 2 rings (SSSR count). The van der Waals surface area contributed by atoms with Crippen molar-refractivity contribution in [3.63, 3.8) is 0 Å². The molecule has 1 aliphatic heterocycles. The first-order valence-electron chi connectivity index (χ1n) is 5.03. The second kappa shape index (κ2) is 4.39. The minimum absolute atomic E-state index is 0.106. The Labute approximate surface area is 87.4 Å². The summed E-state index contributed by atoms with van der Waals surface area (Å²) in [7, 11) is 0. The second-order valence-electron chi connectivity index (χ2n) is 3.63. The molecule has 1 aliphatic rings. The van der Waals surface area contributed by atoms with Crippen LogP contribution in [0.4, 0.5) is 0 Å². The van der Waals surface area contributed by atoms with Gasteiger partial charge in [0, 0.05) is 33.0 Å². The highest BCUT2D eigenvalue weighted by molar-refractivity contribution is 5.79. The van der Waals surface area contributed by atoms with Crippen LogP contribution < -0.4 is 10.6 Å². The summed E-state index contributed by atoms with van der Waals surface area (Å²) >= 11 is 0. The van der Waals surface area contributed by atoms with Gasteiger partial charge in [0.25, 0.3) is 0 Å². The van der Waals surface area contributed by atoms with Crippen molar-refractivity contribution in [3.05, 3.63) is 11.7 Å². The van der Waals surface area contributed by atoms with E-state index in [9.17, 15) is 4.79 Å². The van der Waals surface area contributed by atoms with Crippen LogP contribution in [0.1, 0.15) is 11.7 Å². The Morgan fingerprint density at radius 2 is 2.47 bits per heavy atom. The third kappa shape index (κ3) is 2.53. The van der Waals surface area contributed by atoms with Crippen molar-refractivity contribution in [1.82, 2.24) is 20.8 Å². The van der Waals surface area contributed by atoms with E-state index in [1.807, 2.05) is 0 Å². The molecule has 82 valence electrons. The first-order chi connectivity index (χ1) is 7.25. The van der Waals surface area contributed by atoms with E-state index in [0.29, 0.717) is 24.7 Å². The lowest BCUT2D eigenvalue weighted by molar-refractivity contribution is -0.126. The van der Waals surface area contributed by atoms with Crippen molar-refractivity contribution >= 4 is 5.91 Å². The fraction of sp³-hybridized carbons (Fsp3) is 0.667. The summed E-state index contributed by atoms with van der Waals surface area (Å²) in [5, 5.41) is 9.64. The van der Waals surface area contributed by atoms with Crippen LogP contribution in [0, 0.1) is 12.8 Å². The number of rotatable bonds is 4. The average Bonchev–Trinajstić information content (AvgIpc) is 2.48. The van der Waals surface area contributed by atoms with Gasteiger partial charge in [-0.2, -0.15) is 4.98 Å². The molecule has 15 heavy (non-hydrogen) atoms. The van der Waals surface area contributed by atoms with E-state index in [2.05, 4.69) is 20.8 Å². The highest BCUT2D eigenvalue weighted by Crippen LogP contribution is 2.02. The van der Waals surface area contributed by atoms with Gasteiger partial charge >= 0.3 is 0 Å². The van der Waals surface area contributed by atoms with Crippen LogP contribution in [0.3, 0.4) is 0 Å². The maximum absolute atomic E-state index is 11.4. The van der Waals surface area contributed by atoms with Gasteiger partial charge in [-0.25, -0.2) is 0 Å². The zero-order chi connectivity index (χ0) is 10.7. The molecule has 0 aromatic carbocycles. The van der Waals surface area contributed by atoms with Crippen molar-refractivity contribution in [3.8, 4) is 0 Å². The Morgan fingerprint density at radius 3 is 3.00 bits per heavy atom. The summed E-state index contributed by atoms with van der Waals surface area (Å²) in [6, 6.07) is 0. The molecule has 0 saturated carbocycles. The van der Waals surface area contributed by atoms with Crippen molar-refractivity contribution in [2.75, 3.05) is 19.6 Å². The second-order valence-corrected chi connectivity index (χ2v) is 3.63. The molecule has 1 aromatic rings. The Morgan fingerprint density at radius 1 is 1.67 bits per heavy atom. The number of carbonyl (C=O) groups is 1. The van der Waals surface area contributed by atoms with Crippen molar-refractivity contribution in [2.45, 2.75) is 13.3 Å². The van der Waals surface area contributed by atoms with Gasteiger partial charge < -0.3 is 15.2 Å². The molecule has 2 N–H and O–H groups in total. The lowest BCUT2D eigenvalue weighted by Crippen LogP contribution is -2.51. The van der Waals surface area contributed by atoms with Crippen molar-refractivity contribution < 1.29 is 9.32 Å².